The van der Waals surface area contributed by atoms with Crippen molar-refractivity contribution in [3.8, 4) is 0 Å². The van der Waals surface area contributed by atoms with Gasteiger partial charge in [-0.2, -0.15) is 0 Å². The second-order valence-electron chi connectivity index (χ2n) is 11.1. The number of rotatable bonds is 12. The van der Waals surface area contributed by atoms with Crippen LogP contribution in [0.5, 0.6) is 0 Å². The van der Waals surface area contributed by atoms with Crippen LogP contribution in [-0.4, -0.2) is 23.6 Å². The van der Waals surface area contributed by atoms with Gasteiger partial charge in [0.15, 0.2) is 0 Å². The number of hydrogen-bond acceptors (Lipinski definition) is 4. The van der Waals surface area contributed by atoms with Crippen LogP contribution in [0.15, 0.2) is 122 Å². The van der Waals surface area contributed by atoms with Gasteiger partial charge < -0.3 is 10.6 Å². The van der Waals surface area contributed by atoms with Crippen molar-refractivity contribution in [2.45, 2.75) is 39.8 Å². The summed E-state index contributed by atoms with van der Waals surface area (Å²) in [5.41, 5.74) is 2.71. The van der Waals surface area contributed by atoms with Crippen molar-refractivity contribution < 1.29 is 28.3 Å². The second-order valence-corrected chi connectivity index (χ2v) is 11.1. The smallest absolute Gasteiger partial charge is 0.322 e. The van der Waals surface area contributed by atoms with Crippen molar-refractivity contribution in [3.63, 3.8) is 0 Å². The molecule has 0 saturated carbocycles. The molecule has 0 unspecified atom stereocenters. The lowest BCUT2D eigenvalue weighted by molar-refractivity contribution is -0.683. The Morgan fingerprint density at radius 2 is 0.750 bits per heavy atom. The van der Waals surface area contributed by atoms with Gasteiger partial charge in [-0.3, -0.25) is 9.59 Å². The highest BCUT2D eigenvalue weighted by atomic mass is 16.2. The van der Waals surface area contributed by atoms with Crippen molar-refractivity contribution in [2.75, 3.05) is 21.3 Å². The number of pyridine rings is 2. The van der Waals surface area contributed by atoms with Crippen molar-refractivity contribution in [3.05, 3.63) is 144 Å². The Labute approximate surface area is 279 Å². The van der Waals surface area contributed by atoms with Gasteiger partial charge in [-0.1, -0.05) is 26.0 Å². The van der Waals surface area contributed by atoms with Gasteiger partial charge in [0.2, 0.25) is 0 Å². The average molecular weight is 643 g/mol. The summed E-state index contributed by atoms with van der Waals surface area (Å²) < 4.78 is 3.96. The van der Waals surface area contributed by atoms with E-state index in [-0.39, 0.29) is 23.6 Å². The van der Waals surface area contributed by atoms with Gasteiger partial charge in [-0.15, -0.1) is 0 Å². The molecular weight excluding hydrogens is 604 g/mol. The van der Waals surface area contributed by atoms with Crippen molar-refractivity contribution in [1.82, 2.24) is 0 Å². The molecule has 48 heavy (non-hydrogen) atoms. The van der Waals surface area contributed by atoms with E-state index in [0.29, 0.717) is 45.3 Å². The minimum Gasteiger partial charge on any atom is -0.322 e. The summed E-state index contributed by atoms with van der Waals surface area (Å²) >= 11 is 0. The van der Waals surface area contributed by atoms with E-state index < -0.39 is 0 Å². The summed E-state index contributed by atoms with van der Waals surface area (Å²) in [7, 11) is 0. The van der Waals surface area contributed by atoms with Crippen LogP contribution in [-0.2, 0) is 13.1 Å². The zero-order chi connectivity index (χ0) is 33.9. The Bertz CT molecular complexity index is 1770. The van der Waals surface area contributed by atoms with Gasteiger partial charge in [0.25, 0.3) is 23.5 Å². The summed E-state index contributed by atoms with van der Waals surface area (Å²) in [6.45, 7) is 5.72. The van der Waals surface area contributed by atoms with E-state index in [2.05, 4.69) is 35.1 Å². The van der Waals surface area contributed by atoms with Gasteiger partial charge in [-0.05, 0) is 97.8 Å². The lowest BCUT2D eigenvalue weighted by atomic mass is 10.1. The maximum atomic E-state index is 12.9. The SMILES string of the molecule is CCC[n+]1ccccc1NC(=O)c1ccc(NC(=O)c2ccc(C(=O)Nc3ccc(C(=O)Nc4cccc[n+]4CCC)cc3)cc2)cc1. The number of amides is 4. The average Bonchev–Trinajstić information content (AvgIpc) is 3.11. The van der Waals surface area contributed by atoms with Gasteiger partial charge in [-0.25, -0.2) is 29.4 Å². The number of aryl methyl sites for hydroxylation is 2. The van der Waals surface area contributed by atoms with E-state index in [1.54, 1.807) is 72.8 Å². The molecule has 0 bridgehead atoms. The van der Waals surface area contributed by atoms with E-state index in [1.807, 2.05) is 57.9 Å². The molecule has 4 N–H and O–H groups in total. The third-order valence-corrected chi connectivity index (χ3v) is 7.51. The van der Waals surface area contributed by atoms with Crippen LogP contribution in [0.2, 0.25) is 0 Å². The second kappa shape index (κ2) is 15.9. The van der Waals surface area contributed by atoms with Crippen LogP contribution >= 0.6 is 0 Å². The van der Waals surface area contributed by atoms with Crippen LogP contribution in [0.4, 0.5) is 23.0 Å². The molecule has 5 aromatic rings. The predicted octanol–water partition coefficient (Wildman–Crippen LogP) is 6.09. The standard InChI is InChI=1S/C38H36N6O4/c1-3-23-43-25-7-5-9-33(43)41-37(47)29-15-19-31(20-16-29)39-35(45)27-11-13-28(14-12-27)36(46)40-32-21-17-30(18-22-32)38(48)42-34-10-6-8-26-44(34)24-4-2/h5-22,25-26H,3-4,23-24H2,1-2H3,(H2,39,40,45,46,47,48)/p+2. The third kappa shape index (κ3) is 8.55. The first-order valence-corrected chi connectivity index (χ1v) is 15.9. The first kappa shape index (κ1) is 33.2. The van der Waals surface area contributed by atoms with E-state index in [4.69, 9.17) is 0 Å². The number of anilines is 4. The number of nitrogens with zero attached hydrogens (tertiary/aromatic N) is 2. The topological polar surface area (TPSA) is 124 Å². The quantitative estimate of drug-likeness (QED) is 0.123. The Kier molecular flexibility index (Phi) is 11.0. The Hall–Kier alpha value is -6.16. The van der Waals surface area contributed by atoms with Crippen molar-refractivity contribution >= 4 is 46.6 Å². The van der Waals surface area contributed by atoms with Gasteiger partial charge >= 0.3 is 11.8 Å². The van der Waals surface area contributed by atoms with Crippen molar-refractivity contribution in [2.24, 2.45) is 0 Å². The van der Waals surface area contributed by atoms with Crippen LogP contribution in [0.25, 0.3) is 0 Å². The molecule has 0 radical (unpaired) electrons. The highest BCUT2D eigenvalue weighted by molar-refractivity contribution is 6.08. The molecule has 0 aliphatic heterocycles. The minimum atomic E-state index is -0.353. The highest BCUT2D eigenvalue weighted by Crippen LogP contribution is 2.16. The largest absolute Gasteiger partial charge is 0.339 e. The van der Waals surface area contributed by atoms with Crippen molar-refractivity contribution in [1.29, 1.82) is 0 Å². The first-order chi connectivity index (χ1) is 23.3. The lowest BCUT2D eigenvalue weighted by Gasteiger charge is -2.09. The summed E-state index contributed by atoms with van der Waals surface area (Å²) in [6.07, 6.45) is 5.72. The number of benzene rings is 3. The summed E-state index contributed by atoms with van der Waals surface area (Å²) in [5.74, 6) is 0.216. The lowest BCUT2D eigenvalue weighted by Crippen LogP contribution is -2.37. The predicted molar refractivity (Wildman–Crippen MR) is 185 cm³/mol. The van der Waals surface area contributed by atoms with Crippen LogP contribution in [0, 0.1) is 0 Å². The maximum absolute atomic E-state index is 12.9. The molecule has 0 aliphatic rings. The van der Waals surface area contributed by atoms with Gasteiger partial charge in [0.1, 0.15) is 0 Å². The Morgan fingerprint density at radius 1 is 0.438 bits per heavy atom. The number of carbonyl (C=O) groups is 4. The van der Waals surface area contributed by atoms with Crippen LogP contribution in [0.3, 0.4) is 0 Å². The molecule has 2 heterocycles. The molecular formula is C38H38N6O4+2. The van der Waals surface area contributed by atoms with E-state index in [1.165, 1.54) is 0 Å². The normalized spacial score (nSPS) is 10.5. The molecule has 0 spiro atoms. The molecule has 3 aromatic carbocycles. The fraction of sp³-hybridized carbons (Fsp3) is 0.158. The molecule has 242 valence electrons. The monoisotopic (exact) mass is 642 g/mol. The number of aromatic nitrogens is 2. The van der Waals surface area contributed by atoms with Gasteiger partial charge in [0, 0.05) is 34.6 Å². The van der Waals surface area contributed by atoms with E-state index in [0.717, 1.165) is 25.9 Å². The minimum absolute atomic E-state index is 0.248. The zero-order valence-electron chi connectivity index (χ0n) is 26.9. The van der Waals surface area contributed by atoms with E-state index >= 15 is 0 Å². The number of hydrogen-bond donors (Lipinski definition) is 4. The van der Waals surface area contributed by atoms with Gasteiger partial charge in [0.05, 0.1) is 36.6 Å². The molecule has 5 rings (SSSR count). The summed E-state index contributed by atoms with van der Waals surface area (Å²) in [4.78, 5) is 51.3. The zero-order valence-corrected chi connectivity index (χ0v) is 26.9. The molecule has 0 atom stereocenters. The van der Waals surface area contributed by atoms with Crippen LogP contribution < -0.4 is 30.4 Å². The third-order valence-electron chi connectivity index (χ3n) is 7.51. The molecule has 0 aliphatic carbocycles. The van der Waals surface area contributed by atoms with E-state index in [9.17, 15) is 19.2 Å². The molecule has 0 fully saturated rings. The summed E-state index contributed by atoms with van der Waals surface area (Å²) in [6, 6.07) is 30.8. The molecule has 4 amide bonds. The maximum Gasteiger partial charge on any atom is 0.339 e. The molecule has 2 aromatic heterocycles. The fourth-order valence-electron chi connectivity index (χ4n) is 5.02. The number of carbonyl (C=O) groups excluding carboxylic acids is 4. The fourth-order valence-corrected chi connectivity index (χ4v) is 5.02. The molecule has 0 saturated heterocycles. The first-order valence-electron chi connectivity index (χ1n) is 15.9. The van der Waals surface area contributed by atoms with Crippen LogP contribution in [0.1, 0.15) is 68.1 Å². The Balaban J connectivity index is 1.13. The molecule has 10 nitrogen and oxygen atoms in total. The number of nitrogens with one attached hydrogen (secondary N) is 4. The highest BCUT2D eigenvalue weighted by Gasteiger charge is 2.18. The summed E-state index contributed by atoms with van der Waals surface area (Å²) in [5, 5.41) is 11.5. The Morgan fingerprint density at radius 3 is 1.08 bits per heavy atom. The molecule has 10 heteroatoms.